The van der Waals surface area contributed by atoms with Crippen LogP contribution in [0.2, 0.25) is 0 Å². The molecule has 3 rings (SSSR count). The third-order valence-electron chi connectivity index (χ3n) is 4.50. The van der Waals surface area contributed by atoms with E-state index in [0.717, 1.165) is 23.8 Å². The zero-order valence-corrected chi connectivity index (χ0v) is 14.9. The van der Waals surface area contributed by atoms with Crippen molar-refractivity contribution in [3.05, 3.63) is 28.7 Å². The number of carbonyl (C=O) groups excluding carboxylic acids is 1. The molecular formula is C16H20N2O6S. The van der Waals surface area contributed by atoms with E-state index >= 15 is 0 Å². The average Bonchev–Trinajstić information content (AvgIpc) is 2.89. The summed E-state index contributed by atoms with van der Waals surface area (Å²) >= 11 is 0. The molecule has 0 unspecified atom stereocenters. The summed E-state index contributed by atoms with van der Waals surface area (Å²) in [5, 5.41) is 0. The summed E-state index contributed by atoms with van der Waals surface area (Å²) in [5.41, 5.74) is 0.473. The van der Waals surface area contributed by atoms with E-state index in [0.29, 0.717) is 12.1 Å². The molecule has 25 heavy (non-hydrogen) atoms. The second-order valence-corrected chi connectivity index (χ2v) is 8.01. The van der Waals surface area contributed by atoms with E-state index in [4.69, 9.17) is 4.42 Å². The fourth-order valence-electron chi connectivity index (χ4n) is 3.11. The Kier molecular flexibility index (Phi) is 4.70. The van der Waals surface area contributed by atoms with Crippen molar-refractivity contribution in [3.63, 3.8) is 0 Å². The van der Waals surface area contributed by atoms with Crippen molar-refractivity contribution >= 4 is 27.1 Å². The lowest BCUT2D eigenvalue weighted by Gasteiger charge is -2.32. The molecule has 1 atom stereocenters. The second kappa shape index (κ2) is 6.64. The Morgan fingerprint density at radius 2 is 2.12 bits per heavy atom. The van der Waals surface area contributed by atoms with Crippen LogP contribution in [0.4, 0.5) is 0 Å². The van der Waals surface area contributed by atoms with Gasteiger partial charge in [0.05, 0.1) is 17.5 Å². The molecule has 1 saturated heterocycles. The van der Waals surface area contributed by atoms with Crippen LogP contribution in [-0.2, 0) is 26.1 Å². The molecule has 2 heterocycles. The fraction of sp³-hybridized carbons (Fsp3) is 0.500. The van der Waals surface area contributed by atoms with Crippen LogP contribution in [0.3, 0.4) is 0 Å². The normalized spacial score (nSPS) is 19.2. The van der Waals surface area contributed by atoms with Crippen molar-refractivity contribution in [1.82, 2.24) is 8.87 Å². The van der Waals surface area contributed by atoms with Crippen LogP contribution in [0, 0.1) is 0 Å². The Morgan fingerprint density at radius 1 is 1.36 bits per heavy atom. The van der Waals surface area contributed by atoms with Gasteiger partial charge in [0.25, 0.3) is 0 Å². The maximum atomic E-state index is 12.9. The summed E-state index contributed by atoms with van der Waals surface area (Å²) in [7, 11) is -2.44. The molecule has 9 heteroatoms. The molecular weight excluding hydrogens is 348 g/mol. The van der Waals surface area contributed by atoms with Crippen LogP contribution in [0.15, 0.2) is 32.3 Å². The molecule has 1 fully saturated rings. The average molecular weight is 368 g/mol. The molecule has 1 aliphatic heterocycles. The van der Waals surface area contributed by atoms with Crippen molar-refractivity contribution < 1.29 is 22.4 Å². The van der Waals surface area contributed by atoms with E-state index in [1.165, 1.54) is 29.6 Å². The third kappa shape index (κ3) is 3.21. The molecule has 0 spiro atoms. The highest BCUT2D eigenvalue weighted by molar-refractivity contribution is 7.89. The van der Waals surface area contributed by atoms with Crippen LogP contribution >= 0.6 is 0 Å². The number of rotatable bonds is 4. The van der Waals surface area contributed by atoms with Gasteiger partial charge in [-0.2, -0.15) is 4.31 Å². The van der Waals surface area contributed by atoms with Gasteiger partial charge in [-0.3, -0.25) is 9.36 Å². The topological polar surface area (TPSA) is 98.8 Å². The van der Waals surface area contributed by atoms with Gasteiger partial charge in [0.2, 0.25) is 10.0 Å². The van der Waals surface area contributed by atoms with Crippen molar-refractivity contribution in [2.24, 2.45) is 0 Å². The Labute approximate surface area is 145 Å². The molecule has 2 aromatic rings. The zero-order chi connectivity index (χ0) is 18.2. The van der Waals surface area contributed by atoms with Crippen LogP contribution in [0.25, 0.3) is 11.1 Å². The number of ether oxygens (including phenoxy) is 1. The van der Waals surface area contributed by atoms with E-state index < -0.39 is 21.7 Å². The molecule has 0 N–H and O–H groups in total. The first-order chi connectivity index (χ1) is 11.8. The molecule has 0 aliphatic carbocycles. The van der Waals surface area contributed by atoms with Crippen molar-refractivity contribution in [3.8, 4) is 0 Å². The fourth-order valence-corrected chi connectivity index (χ4v) is 4.83. The van der Waals surface area contributed by atoms with Crippen LogP contribution < -0.4 is 5.76 Å². The summed E-state index contributed by atoms with van der Waals surface area (Å²) in [6, 6.07) is 4.18. The maximum Gasteiger partial charge on any atom is 0.420 e. The summed E-state index contributed by atoms with van der Waals surface area (Å²) < 4.78 is 38.0. The van der Waals surface area contributed by atoms with Gasteiger partial charge in [0.1, 0.15) is 6.54 Å². The van der Waals surface area contributed by atoms with Gasteiger partial charge >= 0.3 is 11.7 Å². The molecule has 0 bridgehead atoms. The Hall–Kier alpha value is -2.13. The quantitative estimate of drug-likeness (QED) is 0.755. The van der Waals surface area contributed by atoms with Crippen LogP contribution in [0.1, 0.15) is 26.2 Å². The van der Waals surface area contributed by atoms with Gasteiger partial charge in [-0.25, -0.2) is 13.2 Å². The highest BCUT2D eigenvalue weighted by Crippen LogP contribution is 2.27. The molecule has 8 nitrogen and oxygen atoms in total. The van der Waals surface area contributed by atoms with Crippen LogP contribution in [0.5, 0.6) is 0 Å². The number of methoxy groups -OCH3 is 1. The largest absolute Gasteiger partial charge is 0.468 e. The number of esters is 1. The standard InChI is InChI=1S/C16H20N2O6S/c1-11-5-3-4-8-18(11)25(21,22)12-6-7-13-14(9-12)24-16(20)17(13)10-15(19)23-2/h6-7,9,11H,3-5,8,10H2,1-2H3/t11-/m1/s1. The SMILES string of the molecule is COC(=O)Cn1c(=O)oc2cc(S(=O)(=O)N3CCCC[C@H]3C)ccc21. The molecule has 1 aromatic carbocycles. The van der Waals surface area contributed by atoms with E-state index in [9.17, 15) is 18.0 Å². The highest BCUT2D eigenvalue weighted by Gasteiger charge is 2.31. The van der Waals surface area contributed by atoms with Gasteiger partial charge < -0.3 is 9.15 Å². The number of fused-ring (bicyclic) bond motifs is 1. The molecule has 1 aliphatic rings. The van der Waals surface area contributed by atoms with Gasteiger partial charge in [-0.15, -0.1) is 0 Å². The summed E-state index contributed by atoms with van der Waals surface area (Å²) in [6.45, 7) is 2.08. The Morgan fingerprint density at radius 3 is 2.80 bits per heavy atom. The number of nitrogens with zero attached hydrogens (tertiary/aromatic N) is 2. The molecule has 1 aromatic heterocycles. The lowest BCUT2D eigenvalue weighted by atomic mass is 10.1. The molecule has 0 amide bonds. The minimum atomic E-state index is -3.66. The van der Waals surface area contributed by atoms with E-state index in [2.05, 4.69) is 4.74 Å². The lowest BCUT2D eigenvalue weighted by Crippen LogP contribution is -2.41. The predicted molar refractivity (Wildman–Crippen MR) is 89.7 cm³/mol. The third-order valence-corrected chi connectivity index (χ3v) is 6.51. The van der Waals surface area contributed by atoms with Crippen LogP contribution in [-0.4, -0.2) is 43.0 Å². The van der Waals surface area contributed by atoms with Crippen molar-refractivity contribution in [1.29, 1.82) is 0 Å². The predicted octanol–water partition coefficient (Wildman–Crippen LogP) is 1.33. The van der Waals surface area contributed by atoms with Gasteiger partial charge in [0, 0.05) is 18.7 Å². The first-order valence-corrected chi connectivity index (χ1v) is 9.50. The number of benzene rings is 1. The number of sulfonamides is 1. The number of piperidine rings is 1. The number of oxazole rings is 1. The van der Waals surface area contributed by atoms with Gasteiger partial charge in [-0.1, -0.05) is 6.42 Å². The Balaban J connectivity index is 2.02. The summed E-state index contributed by atoms with van der Waals surface area (Å²) in [6.07, 6.45) is 2.67. The minimum Gasteiger partial charge on any atom is -0.468 e. The smallest absolute Gasteiger partial charge is 0.420 e. The molecule has 0 saturated carbocycles. The first kappa shape index (κ1) is 17.7. The summed E-state index contributed by atoms with van der Waals surface area (Å²) in [4.78, 5) is 23.4. The first-order valence-electron chi connectivity index (χ1n) is 8.06. The number of hydrogen-bond acceptors (Lipinski definition) is 6. The number of hydrogen-bond donors (Lipinski definition) is 0. The second-order valence-electron chi connectivity index (χ2n) is 6.12. The van der Waals surface area contributed by atoms with Crippen molar-refractivity contribution in [2.75, 3.05) is 13.7 Å². The van der Waals surface area contributed by atoms with Gasteiger partial charge in [-0.05, 0) is 31.9 Å². The number of aromatic nitrogens is 1. The van der Waals surface area contributed by atoms with E-state index in [-0.39, 0.29) is 23.1 Å². The minimum absolute atomic E-state index is 0.0645. The van der Waals surface area contributed by atoms with Crippen molar-refractivity contribution in [2.45, 2.75) is 43.7 Å². The number of carbonyl (C=O) groups is 1. The maximum absolute atomic E-state index is 12.9. The molecule has 0 radical (unpaired) electrons. The summed E-state index contributed by atoms with van der Waals surface area (Å²) in [5.74, 6) is -1.33. The lowest BCUT2D eigenvalue weighted by molar-refractivity contribution is -0.141. The highest BCUT2D eigenvalue weighted by atomic mass is 32.2. The van der Waals surface area contributed by atoms with E-state index in [1.807, 2.05) is 6.92 Å². The monoisotopic (exact) mass is 368 g/mol. The van der Waals surface area contributed by atoms with Gasteiger partial charge in [0.15, 0.2) is 5.58 Å². The Bertz CT molecular complexity index is 959. The molecule has 136 valence electrons. The zero-order valence-electron chi connectivity index (χ0n) is 14.1. The van der Waals surface area contributed by atoms with E-state index in [1.54, 1.807) is 0 Å².